The molecule has 1 aromatic rings. The Morgan fingerprint density at radius 2 is 1.75 bits per heavy atom. The zero-order chi connectivity index (χ0) is 15.0. The molecule has 0 N–H and O–H groups in total. The Hall–Kier alpha value is -1.77. The Morgan fingerprint density at radius 3 is 2.25 bits per heavy atom. The second kappa shape index (κ2) is 4.97. The third kappa shape index (κ3) is 3.03. The van der Waals surface area contributed by atoms with Gasteiger partial charge in [-0.3, -0.25) is 0 Å². The normalized spacial score (nSPS) is 18.7. The van der Waals surface area contributed by atoms with Gasteiger partial charge < -0.3 is 4.90 Å². The minimum absolute atomic E-state index is 0.0109. The molecule has 0 amide bonds. The van der Waals surface area contributed by atoms with Crippen molar-refractivity contribution < 1.29 is 22.0 Å². The van der Waals surface area contributed by atoms with E-state index in [-0.39, 0.29) is 37.2 Å². The van der Waals surface area contributed by atoms with E-state index < -0.39 is 17.7 Å². The fourth-order valence-electron chi connectivity index (χ4n) is 2.17. The first-order valence-corrected chi connectivity index (χ1v) is 6.03. The molecule has 0 unspecified atom stereocenters. The van der Waals surface area contributed by atoms with Crippen LogP contribution < -0.4 is 4.90 Å². The number of terminal acetylenes is 1. The standard InChI is InChI=1S/C14H12F5N/c1-2-10-3-4-11(14(17,18)19)9-12(10)20-7-5-13(15,16)6-8-20/h1,3-4,9H,5-8H2. The highest BCUT2D eigenvalue weighted by molar-refractivity contribution is 5.62. The van der Waals surface area contributed by atoms with Crippen LogP contribution in [-0.2, 0) is 6.18 Å². The largest absolute Gasteiger partial charge is 0.416 e. The van der Waals surface area contributed by atoms with Gasteiger partial charge in [-0.05, 0) is 18.2 Å². The number of benzene rings is 1. The monoisotopic (exact) mass is 289 g/mol. The lowest BCUT2D eigenvalue weighted by Gasteiger charge is -2.34. The molecule has 0 atom stereocenters. The lowest BCUT2D eigenvalue weighted by Crippen LogP contribution is -2.39. The number of hydrogen-bond acceptors (Lipinski definition) is 1. The van der Waals surface area contributed by atoms with Gasteiger partial charge in [0.15, 0.2) is 0 Å². The van der Waals surface area contributed by atoms with E-state index in [1.807, 2.05) is 0 Å². The summed E-state index contributed by atoms with van der Waals surface area (Å²) in [4.78, 5) is 1.49. The van der Waals surface area contributed by atoms with Gasteiger partial charge in [-0.15, -0.1) is 6.42 Å². The molecule has 1 heterocycles. The Kier molecular flexibility index (Phi) is 3.63. The van der Waals surface area contributed by atoms with Crippen LogP contribution in [0.5, 0.6) is 0 Å². The molecule has 6 heteroatoms. The van der Waals surface area contributed by atoms with Crippen molar-refractivity contribution in [1.82, 2.24) is 0 Å². The van der Waals surface area contributed by atoms with Crippen molar-refractivity contribution in [2.75, 3.05) is 18.0 Å². The smallest absolute Gasteiger partial charge is 0.370 e. The molecule has 20 heavy (non-hydrogen) atoms. The summed E-state index contributed by atoms with van der Waals surface area (Å²) in [7, 11) is 0. The number of piperidine rings is 1. The van der Waals surface area contributed by atoms with E-state index in [9.17, 15) is 22.0 Å². The zero-order valence-electron chi connectivity index (χ0n) is 10.5. The van der Waals surface area contributed by atoms with Crippen LogP contribution in [0.15, 0.2) is 18.2 Å². The Bertz CT molecular complexity index is 531. The first-order chi connectivity index (χ1) is 9.23. The molecule has 1 fully saturated rings. The van der Waals surface area contributed by atoms with E-state index in [1.54, 1.807) is 0 Å². The summed E-state index contributed by atoms with van der Waals surface area (Å²) in [6.07, 6.45) is 0.0158. The number of nitrogens with zero attached hydrogens (tertiary/aromatic N) is 1. The van der Waals surface area contributed by atoms with Gasteiger partial charge in [0.25, 0.3) is 5.92 Å². The maximum Gasteiger partial charge on any atom is 0.416 e. The maximum atomic E-state index is 13.1. The predicted octanol–water partition coefficient (Wildman–Crippen LogP) is 3.92. The lowest BCUT2D eigenvalue weighted by molar-refractivity contribution is -0.137. The van der Waals surface area contributed by atoms with E-state index in [4.69, 9.17) is 6.42 Å². The van der Waals surface area contributed by atoms with Gasteiger partial charge in [-0.1, -0.05) is 5.92 Å². The van der Waals surface area contributed by atoms with Crippen molar-refractivity contribution >= 4 is 5.69 Å². The van der Waals surface area contributed by atoms with Gasteiger partial charge in [0.1, 0.15) is 0 Å². The van der Waals surface area contributed by atoms with E-state index in [2.05, 4.69) is 5.92 Å². The molecular weight excluding hydrogens is 277 g/mol. The van der Waals surface area contributed by atoms with Crippen molar-refractivity contribution in [3.05, 3.63) is 29.3 Å². The Balaban J connectivity index is 2.33. The first-order valence-electron chi connectivity index (χ1n) is 6.03. The van der Waals surface area contributed by atoms with Crippen molar-refractivity contribution in [2.24, 2.45) is 0 Å². The molecule has 0 aliphatic carbocycles. The molecule has 2 rings (SSSR count). The summed E-state index contributed by atoms with van der Waals surface area (Å²) < 4.78 is 64.3. The van der Waals surface area contributed by atoms with Crippen LogP contribution in [-0.4, -0.2) is 19.0 Å². The van der Waals surface area contributed by atoms with Crippen molar-refractivity contribution in [3.63, 3.8) is 0 Å². The highest BCUT2D eigenvalue weighted by Gasteiger charge is 2.36. The maximum absolute atomic E-state index is 13.1. The van der Waals surface area contributed by atoms with Crippen LogP contribution in [0.3, 0.4) is 0 Å². The third-order valence-electron chi connectivity index (χ3n) is 3.32. The number of halogens is 5. The first kappa shape index (κ1) is 14.6. The summed E-state index contributed by atoms with van der Waals surface area (Å²) in [5.41, 5.74) is -0.357. The summed E-state index contributed by atoms with van der Waals surface area (Å²) in [6, 6.07) is 3.03. The third-order valence-corrected chi connectivity index (χ3v) is 3.32. The number of hydrogen-bond donors (Lipinski definition) is 0. The minimum Gasteiger partial charge on any atom is -0.370 e. The molecule has 0 aromatic heterocycles. The summed E-state index contributed by atoms with van der Waals surface area (Å²) in [5.74, 6) is -0.460. The molecular formula is C14H12F5N. The quantitative estimate of drug-likeness (QED) is 0.559. The number of rotatable bonds is 1. The molecule has 1 aliphatic rings. The Morgan fingerprint density at radius 1 is 1.15 bits per heavy atom. The summed E-state index contributed by atoms with van der Waals surface area (Å²) in [5, 5.41) is 0. The molecule has 0 radical (unpaired) electrons. The molecule has 1 aromatic carbocycles. The predicted molar refractivity (Wildman–Crippen MR) is 65.8 cm³/mol. The average molecular weight is 289 g/mol. The van der Waals surface area contributed by atoms with Crippen molar-refractivity contribution in [3.8, 4) is 12.3 Å². The molecule has 108 valence electrons. The SMILES string of the molecule is C#Cc1ccc(C(F)(F)F)cc1N1CCC(F)(F)CC1. The molecule has 1 nitrogen and oxygen atoms in total. The van der Waals surface area contributed by atoms with Crippen LogP contribution in [0.25, 0.3) is 0 Å². The van der Waals surface area contributed by atoms with Gasteiger partial charge >= 0.3 is 6.18 Å². The van der Waals surface area contributed by atoms with E-state index in [0.29, 0.717) is 0 Å². The number of alkyl halides is 5. The van der Waals surface area contributed by atoms with Crippen molar-refractivity contribution in [1.29, 1.82) is 0 Å². The van der Waals surface area contributed by atoms with E-state index in [0.717, 1.165) is 12.1 Å². The van der Waals surface area contributed by atoms with Gasteiger partial charge in [0.05, 0.1) is 11.3 Å². The molecule has 0 spiro atoms. The molecule has 0 saturated carbocycles. The van der Waals surface area contributed by atoms with Crippen LogP contribution in [0.1, 0.15) is 24.0 Å². The average Bonchev–Trinajstić information content (AvgIpc) is 2.37. The molecule has 1 saturated heterocycles. The van der Waals surface area contributed by atoms with Crippen LogP contribution in [0.4, 0.5) is 27.6 Å². The van der Waals surface area contributed by atoms with E-state index in [1.165, 1.54) is 11.0 Å². The number of anilines is 1. The topological polar surface area (TPSA) is 3.24 Å². The highest BCUT2D eigenvalue weighted by atomic mass is 19.4. The van der Waals surface area contributed by atoms with Gasteiger partial charge in [0, 0.05) is 31.5 Å². The zero-order valence-corrected chi connectivity index (χ0v) is 10.5. The van der Waals surface area contributed by atoms with Gasteiger partial charge in [0.2, 0.25) is 0 Å². The van der Waals surface area contributed by atoms with Crippen molar-refractivity contribution in [2.45, 2.75) is 24.9 Å². The van der Waals surface area contributed by atoms with Crippen LogP contribution >= 0.6 is 0 Å². The lowest BCUT2D eigenvalue weighted by atomic mass is 10.0. The minimum atomic E-state index is -4.48. The van der Waals surface area contributed by atoms with Gasteiger partial charge in [-0.25, -0.2) is 8.78 Å². The highest BCUT2D eigenvalue weighted by Crippen LogP contribution is 2.36. The fourth-order valence-corrected chi connectivity index (χ4v) is 2.17. The van der Waals surface area contributed by atoms with Crippen LogP contribution in [0.2, 0.25) is 0 Å². The fraction of sp³-hybridized carbons (Fsp3) is 0.429. The summed E-state index contributed by atoms with van der Waals surface area (Å²) in [6.45, 7) is -0.0218. The van der Waals surface area contributed by atoms with Gasteiger partial charge in [-0.2, -0.15) is 13.2 Å². The van der Waals surface area contributed by atoms with E-state index >= 15 is 0 Å². The second-order valence-corrected chi connectivity index (χ2v) is 4.72. The second-order valence-electron chi connectivity index (χ2n) is 4.72. The summed E-state index contributed by atoms with van der Waals surface area (Å²) >= 11 is 0. The van der Waals surface area contributed by atoms with Crippen LogP contribution in [0, 0.1) is 12.3 Å². The Labute approximate surface area is 113 Å². The molecule has 1 aliphatic heterocycles. The molecule has 0 bridgehead atoms.